The summed E-state index contributed by atoms with van der Waals surface area (Å²) < 4.78 is 10.5. The van der Waals surface area contributed by atoms with E-state index in [0.29, 0.717) is 18.0 Å². The van der Waals surface area contributed by atoms with Gasteiger partial charge < -0.3 is 20.1 Å². The van der Waals surface area contributed by atoms with Crippen LogP contribution in [0.1, 0.15) is 18.1 Å². The highest BCUT2D eigenvalue weighted by Gasteiger charge is 2.07. The topological polar surface area (TPSA) is 59.6 Å². The predicted molar refractivity (Wildman–Crippen MR) is 91.2 cm³/mol. The Balaban J connectivity index is 1.96. The summed E-state index contributed by atoms with van der Waals surface area (Å²) in [5.74, 6) is 1.31. The Bertz CT molecular complexity index is 671. The van der Waals surface area contributed by atoms with Crippen LogP contribution in [0.15, 0.2) is 42.5 Å². The molecule has 0 aliphatic rings. The number of amides is 2. The second kappa shape index (κ2) is 8.08. The van der Waals surface area contributed by atoms with Crippen molar-refractivity contribution in [2.75, 3.05) is 19.5 Å². The molecule has 5 heteroatoms. The number of para-hydroxylation sites is 1. The normalized spacial score (nSPS) is 10.0. The maximum atomic E-state index is 12.1. The van der Waals surface area contributed by atoms with E-state index in [1.165, 1.54) is 0 Å². The minimum Gasteiger partial charge on any atom is -0.493 e. The molecule has 0 radical (unpaired) electrons. The summed E-state index contributed by atoms with van der Waals surface area (Å²) in [5, 5.41) is 5.72. The first-order chi connectivity index (χ1) is 11.2. The molecule has 0 aromatic heterocycles. The molecule has 2 rings (SSSR count). The van der Waals surface area contributed by atoms with Crippen molar-refractivity contribution in [2.45, 2.75) is 19.9 Å². The van der Waals surface area contributed by atoms with Gasteiger partial charge in [0.1, 0.15) is 0 Å². The Labute approximate surface area is 136 Å². The number of rotatable bonds is 6. The van der Waals surface area contributed by atoms with Crippen molar-refractivity contribution in [1.82, 2.24) is 5.32 Å². The third-order valence-electron chi connectivity index (χ3n) is 3.55. The number of carbonyl (C=O) groups excluding carboxylic acids is 1. The maximum Gasteiger partial charge on any atom is 0.319 e. The Kier molecular flexibility index (Phi) is 5.86. The number of urea groups is 1. The summed E-state index contributed by atoms with van der Waals surface area (Å²) in [6, 6.07) is 13.1. The Morgan fingerprint density at radius 3 is 2.48 bits per heavy atom. The summed E-state index contributed by atoms with van der Waals surface area (Å²) in [4.78, 5) is 12.1. The average Bonchev–Trinajstić information content (AvgIpc) is 2.60. The van der Waals surface area contributed by atoms with Gasteiger partial charge in [0, 0.05) is 12.2 Å². The van der Waals surface area contributed by atoms with E-state index in [1.54, 1.807) is 14.2 Å². The number of carbonyl (C=O) groups is 1. The number of aryl methyl sites for hydroxylation is 1. The monoisotopic (exact) mass is 314 g/mol. The van der Waals surface area contributed by atoms with Crippen molar-refractivity contribution in [3.05, 3.63) is 53.6 Å². The molecule has 0 saturated heterocycles. The lowest BCUT2D eigenvalue weighted by Gasteiger charge is -2.12. The molecule has 0 saturated carbocycles. The fourth-order valence-electron chi connectivity index (χ4n) is 2.29. The van der Waals surface area contributed by atoms with Crippen LogP contribution in [0.25, 0.3) is 0 Å². The maximum absolute atomic E-state index is 12.1. The summed E-state index contributed by atoms with van der Waals surface area (Å²) >= 11 is 0. The molecular weight excluding hydrogens is 292 g/mol. The Morgan fingerprint density at radius 2 is 1.78 bits per heavy atom. The second-order valence-corrected chi connectivity index (χ2v) is 5.01. The minimum atomic E-state index is -0.235. The van der Waals surface area contributed by atoms with Gasteiger partial charge in [0.15, 0.2) is 11.5 Å². The van der Waals surface area contributed by atoms with Crippen molar-refractivity contribution in [2.24, 2.45) is 0 Å². The molecular formula is C18H22N2O3. The zero-order valence-electron chi connectivity index (χ0n) is 13.7. The summed E-state index contributed by atoms with van der Waals surface area (Å²) in [6.45, 7) is 2.46. The third kappa shape index (κ3) is 4.39. The van der Waals surface area contributed by atoms with E-state index in [9.17, 15) is 4.79 Å². The highest BCUT2D eigenvalue weighted by Crippen LogP contribution is 2.27. The third-order valence-corrected chi connectivity index (χ3v) is 3.55. The molecule has 2 aromatic rings. The van der Waals surface area contributed by atoms with Crippen molar-refractivity contribution in [1.29, 1.82) is 0 Å². The van der Waals surface area contributed by atoms with Crippen LogP contribution in [0.3, 0.4) is 0 Å². The molecule has 0 atom stereocenters. The molecule has 2 aromatic carbocycles. The van der Waals surface area contributed by atoms with Gasteiger partial charge in [0.25, 0.3) is 0 Å². The van der Waals surface area contributed by atoms with E-state index in [-0.39, 0.29) is 6.03 Å². The molecule has 122 valence electrons. The van der Waals surface area contributed by atoms with Crippen molar-refractivity contribution in [3.8, 4) is 11.5 Å². The minimum absolute atomic E-state index is 0.235. The van der Waals surface area contributed by atoms with Crippen molar-refractivity contribution < 1.29 is 14.3 Å². The van der Waals surface area contributed by atoms with Crippen molar-refractivity contribution >= 4 is 11.7 Å². The number of benzene rings is 2. The van der Waals surface area contributed by atoms with Gasteiger partial charge in [0.05, 0.1) is 14.2 Å². The first-order valence-corrected chi connectivity index (χ1v) is 7.51. The van der Waals surface area contributed by atoms with Crippen LogP contribution < -0.4 is 20.1 Å². The molecule has 0 aliphatic heterocycles. The molecule has 0 unspecified atom stereocenters. The number of hydrogen-bond donors (Lipinski definition) is 2. The molecule has 23 heavy (non-hydrogen) atoms. The highest BCUT2D eigenvalue weighted by atomic mass is 16.5. The van der Waals surface area contributed by atoms with Crippen LogP contribution in [0.4, 0.5) is 10.5 Å². The Morgan fingerprint density at radius 1 is 1.04 bits per heavy atom. The van der Waals surface area contributed by atoms with Crippen LogP contribution in [0.5, 0.6) is 11.5 Å². The van der Waals surface area contributed by atoms with Crippen LogP contribution in [0, 0.1) is 0 Å². The molecule has 2 N–H and O–H groups in total. The predicted octanol–water partition coefficient (Wildman–Crippen LogP) is 3.59. The van der Waals surface area contributed by atoms with Gasteiger partial charge in [-0.2, -0.15) is 0 Å². The molecule has 2 amide bonds. The van der Waals surface area contributed by atoms with Gasteiger partial charge in [-0.3, -0.25) is 0 Å². The fourth-order valence-corrected chi connectivity index (χ4v) is 2.29. The van der Waals surface area contributed by atoms with Gasteiger partial charge in [-0.05, 0) is 35.7 Å². The lowest BCUT2D eigenvalue weighted by Crippen LogP contribution is -2.28. The Hall–Kier alpha value is -2.69. The first kappa shape index (κ1) is 16.7. The summed E-state index contributed by atoms with van der Waals surface area (Å²) in [6.07, 6.45) is 0.867. The van der Waals surface area contributed by atoms with Crippen molar-refractivity contribution in [3.63, 3.8) is 0 Å². The van der Waals surface area contributed by atoms with Crippen LogP contribution in [-0.2, 0) is 13.0 Å². The lowest BCUT2D eigenvalue weighted by molar-refractivity contribution is 0.251. The van der Waals surface area contributed by atoms with E-state index in [0.717, 1.165) is 23.2 Å². The lowest BCUT2D eigenvalue weighted by atomic mass is 10.1. The number of ether oxygens (including phenoxy) is 2. The van der Waals surface area contributed by atoms with Gasteiger partial charge >= 0.3 is 6.03 Å². The zero-order chi connectivity index (χ0) is 16.7. The largest absolute Gasteiger partial charge is 0.493 e. The molecule has 0 fully saturated rings. The van der Waals surface area contributed by atoms with E-state index in [1.807, 2.05) is 42.5 Å². The van der Waals surface area contributed by atoms with Gasteiger partial charge in [-0.1, -0.05) is 31.2 Å². The molecule has 5 nitrogen and oxygen atoms in total. The SMILES string of the molecule is CCc1ccccc1NC(=O)NCc1ccc(OC)c(OC)c1. The number of methoxy groups -OCH3 is 2. The number of nitrogens with one attached hydrogen (secondary N) is 2. The van der Waals surface area contributed by atoms with Gasteiger partial charge in [0.2, 0.25) is 0 Å². The summed E-state index contributed by atoms with van der Waals surface area (Å²) in [5.41, 5.74) is 2.87. The van der Waals surface area contributed by atoms with Crippen LogP contribution >= 0.6 is 0 Å². The van der Waals surface area contributed by atoms with Gasteiger partial charge in [-0.25, -0.2) is 4.79 Å². The zero-order valence-corrected chi connectivity index (χ0v) is 13.7. The standard InChI is InChI=1S/C18H22N2O3/c1-4-14-7-5-6-8-15(14)20-18(21)19-12-13-9-10-16(22-2)17(11-13)23-3/h5-11H,4,12H2,1-3H3,(H2,19,20,21). The first-order valence-electron chi connectivity index (χ1n) is 7.51. The van der Waals surface area contributed by atoms with E-state index < -0.39 is 0 Å². The quantitative estimate of drug-likeness (QED) is 0.856. The molecule has 0 bridgehead atoms. The second-order valence-electron chi connectivity index (χ2n) is 5.01. The van der Waals surface area contributed by atoms with E-state index >= 15 is 0 Å². The summed E-state index contributed by atoms with van der Waals surface area (Å²) in [7, 11) is 3.18. The molecule has 0 aliphatic carbocycles. The smallest absolute Gasteiger partial charge is 0.319 e. The van der Waals surface area contributed by atoms with Crippen LogP contribution in [0.2, 0.25) is 0 Å². The van der Waals surface area contributed by atoms with Gasteiger partial charge in [-0.15, -0.1) is 0 Å². The van der Waals surface area contributed by atoms with E-state index in [4.69, 9.17) is 9.47 Å². The van der Waals surface area contributed by atoms with E-state index in [2.05, 4.69) is 17.6 Å². The average molecular weight is 314 g/mol. The molecule has 0 spiro atoms. The highest BCUT2D eigenvalue weighted by molar-refractivity contribution is 5.90. The number of hydrogen-bond acceptors (Lipinski definition) is 3. The number of anilines is 1. The van der Waals surface area contributed by atoms with Crippen LogP contribution in [-0.4, -0.2) is 20.3 Å². The molecule has 0 heterocycles. The fraction of sp³-hybridized carbons (Fsp3) is 0.278.